The van der Waals surface area contributed by atoms with Crippen LogP contribution in [-0.4, -0.2) is 24.5 Å². The molecular weight excluding hydrogens is 274 g/mol. The lowest BCUT2D eigenvalue weighted by atomic mass is 10.3. The summed E-state index contributed by atoms with van der Waals surface area (Å²) in [5.41, 5.74) is 1.65. The lowest BCUT2D eigenvalue weighted by Gasteiger charge is -2.06. The zero-order valence-electron chi connectivity index (χ0n) is 12.2. The van der Waals surface area contributed by atoms with Crippen LogP contribution < -0.4 is 4.72 Å². The number of benzene rings is 1. The largest absolute Gasteiger partial charge is 0.331 e. The Kier molecular flexibility index (Phi) is 4.45. The van der Waals surface area contributed by atoms with Crippen LogP contribution in [0, 0.1) is 6.92 Å². The summed E-state index contributed by atoms with van der Waals surface area (Å²) in [4.78, 5) is 4.64. The smallest absolute Gasteiger partial charge is 0.240 e. The number of hydrogen-bond donors (Lipinski definition) is 1. The summed E-state index contributed by atoms with van der Waals surface area (Å²) in [5.74, 6) is 0.866. The van der Waals surface area contributed by atoms with Crippen LogP contribution in [0.25, 0.3) is 11.0 Å². The van der Waals surface area contributed by atoms with Gasteiger partial charge in [-0.15, -0.1) is 0 Å². The molecule has 5 nitrogen and oxygen atoms in total. The molecule has 0 aliphatic heterocycles. The Hall–Kier alpha value is -1.40. The second-order valence-electron chi connectivity index (χ2n) is 4.97. The van der Waals surface area contributed by atoms with Crippen LogP contribution >= 0.6 is 0 Å². The number of nitrogens with one attached hydrogen (secondary N) is 1. The van der Waals surface area contributed by atoms with Gasteiger partial charge in [0, 0.05) is 13.6 Å². The van der Waals surface area contributed by atoms with Crippen molar-refractivity contribution in [2.75, 3.05) is 6.54 Å². The predicted molar refractivity (Wildman–Crippen MR) is 80.2 cm³/mol. The maximum Gasteiger partial charge on any atom is 0.240 e. The van der Waals surface area contributed by atoms with Crippen LogP contribution in [0.15, 0.2) is 23.1 Å². The summed E-state index contributed by atoms with van der Waals surface area (Å²) in [6.45, 7) is 4.47. The Morgan fingerprint density at radius 1 is 1.30 bits per heavy atom. The number of hydrogen-bond acceptors (Lipinski definition) is 3. The van der Waals surface area contributed by atoms with E-state index >= 15 is 0 Å². The zero-order chi connectivity index (χ0) is 14.8. The number of unbranched alkanes of at least 4 members (excludes halogenated alkanes) is 2. The Bertz CT molecular complexity index is 705. The molecule has 0 saturated heterocycles. The molecule has 1 aromatic heterocycles. The molecular formula is C14H21N3O2S. The highest BCUT2D eigenvalue weighted by molar-refractivity contribution is 7.89. The van der Waals surface area contributed by atoms with E-state index in [4.69, 9.17) is 0 Å². The highest BCUT2D eigenvalue weighted by Gasteiger charge is 2.15. The summed E-state index contributed by atoms with van der Waals surface area (Å²) in [5, 5.41) is 0. The van der Waals surface area contributed by atoms with Gasteiger partial charge < -0.3 is 4.57 Å². The molecule has 110 valence electrons. The SMILES string of the molecule is CCCCCNS(=O)(=O)c1ccc2c(c1)nc(C)n2C. The van der Waals surface area contributed by atoms with Gasteiger partial charge in [0.05, 0.1) is 15.9 Å². The molecule has 20 heavy (non-hydrogen) atoms. The molecule has 2 aromatic rings. The lowest BCUT2D eigenvalue weighted by Crippen LogP contribution is -2.24. The van der Waals surface area contributed by atoms with E-state index in [0.717, 1.165) is 30.6 Å². The molecule has 0 unspecified atom stereocenters. The van der Waals surface area contributed by atoms with E-state index < -0.39 is 10.0 Å². The molecule has 0 spiro atoms. The molecule has 6 heteroatoms. The van der Waals surface area contributed by atoms with Crippen LogP contribution in [0.2, 0.25) is 0 Å². The predicted octanol–water partition coefficient (Wildman–Crippen LogP) is 2.35. The van der Waals surface area contributed by atoms with E-state index in [0.29, 0.717) is 12.1 Å². The first kappa shape index (κ1) is 15.0. The van der Waals surface area contributed by atoms with Crippen LogP contribution in [0.5, 0.6) is 0 Å². The molecule has 0 aliphatic rings. The number of aryl methyl sites for hydroxylation is 2. The minimum absolute atomic E-state index is 0.277. The fourth-order valence-electron chi connectivity index (χ4n) is 2.13. The third-order valence-corrected chi connectivity index (χ3v) is 4.92. The number of aromatic nitrogens is 2. The molecule has 0 atom stereocenters. The fraction of sp³-hybridized carbons (Fsp3) is 0.500. The molecule has 1 N–H and O–H groups in total. The zero-order valence-corrected chi connectivity index (χ0v) is 13.0. The molecule has 0 saturated carbocycles. The van der Waals surface area contributed by atoms with E-state index in [1.165, 1.54) is 0 Å². The summed E-state index contributed by atoms with van der Waals surface area (Å²) in [6.07, 6.45) is 2.96. The third-order valence-electron chi connectivity index (χ3n) is 3.46. The summed E-state index contributed by atoms with van der Waals surface area (Å²) >= 11 is 0. The molecule has 0 radical (unpaired) electrons. The quantitative estimate of drug-likeness (QED) is 0.832. The third kappa shape index (κ3) is 3.02. The van der Waals surface area contributed by atoms with E-state index in [2.05, 4.69) is 16.6 Å². The standard InChI is InChI=1S/C14H21N3O2S/c1-4-5-6-9-15-20(18,19)12-7-8-14-13(10-12)16-11(2)17(14)3/h7-8,10,15H,4-6,9H2,1-3H3. The van der Waals surface area contributed by atoms with Crippen molar-refractivity contribution in [3.8, 4) is 0 Å². The Labute approximate surface area is 120 Å². The van der Waals surface area contributed by atoms with E-state index in [1.54, 1.807) is 18.2 Å². The second-order valence-corrected chi connectivity index (χ2v) is 6.74. The second kappa shape index (κ2) is 5.93. The Morgan fingerprint density at radius 3 is 2.75 bits per heavy atom. The van der Waals surface area contributed by atoms with Crippen molar-refractivity contribution in [3.05, 3.63) is 24.0 Å². The van der Waals surface area contributed by atoms with Crippen molar-refractivity contribution in [2.45, 2.75) is 38.0 Å². The van der Waals surface area contributed by atoms with Gasteiger partial charge in [-0.3, -0.25) is 0 Å². The van der Waals surface area contributed by atoms with Gasteiger partial charge in [-0.25, -0.2) is 18.1 Å². The number of rotatable bonds is 6. The van der Waals surface area contributed by atoms with Crippen LogP contribution in [0.4, 0.5) is 0 Å². The van der Waals surface area contributed by atoms with Crippen molar-refractivity contribution in [1.82, 2.24) is 14.3 Å². The summed E-state index contributed by atoms with van der Waals surface area (Å²) < 4.78 is 28.9. The number of fused-ring (bicyclic) bond motifs is 1. The highest BCUT2D eigenvalue weighted by Crippen LogP contribution is 2.19. The van der Waals surface area contributed by atoms with Gasteiger partial charge in [-0.05, 0) is 31.5 Å². The van der Waals surface area contributed by atoms with E-state index in [1.807, 2.05) is 18.5 Å². The highest BCUT2D eigenvalue weighted by atomic mass is 32.2. The molecule has 0 amide bonds. The minimum atomic E-state index is -3.44. The van der Waals surface area contributed by atoms with Gasteiger partial charge in [-0.2, -0.15) is 0 Å². The summed E-state index contributed by atoms with van der Waals surface area (Å²) in [7, 11) is -1.52. The van der Waals surface area contributed by atoms with Crippen molar-refractivity contribution >= 4 is 21.1 Å². The monoisotopic (exact) mass is 295 g/mol. The minimum Gasteiger partial charge on any atom is -0.331 e. The topological polar surface area (TPSA) is 64.0 Å². The molecule has 0 aliphatic carbocycles. The molecule has 0 bridgehead atoms. The van der Waals surface area contributed by atoms with E-state index in [-0.39, 0.29) is 4.90 Å². The van der Waals surface area contributed by atoms with Crippen LogP contribution in [0.3, 0.4) is 0 Å². The fourth-order valence-corrected chi connectivity index (χ4v) is 3.23. The van der Waals surface area contributed by atoms with Gasteiger partial charge in [0.1, 0.15) is 5.82 Å². The maximum absolute atomic E-state index is 12.2. The Balaban J connectivity index is 2.23. The van der Waals surface area contributed by atoms with Crippen LogP contribution in [0.1, 0.15) is 32.0 Å². The number of sulfonamides is 1. The van der Waals surface area contributed by atoms with Gasteiger partial charge in [0.25, 0.3) is 0 Å². The average Bonchev–Trinajstić information content (AvgIpc) is 2.70. The van der Waals surface area contributed by atoms with Crippen molar-refractivity contribution in [2.24, 2.45) is 7.05 Å². The van der Waals surface area contributed by atoms with Gasteiger partial charge in [-0.1, -0.05) is 19.8 Å². The molecule has 1 aromatic carbocycles. The maximum atomic E-state index is 12.2. The van der Waals surface area contributed by atoms with Crippen molar-refractivity contribution in [1.29, 1.82) is 0 Å². The molecule has 0 fully saturated rings. The molecule has 2 rings (SSSR count). The average molecular weight is 295 g/mol. The van der Waals surface area contributed by atoms with Gasteiger partial charge in [0.2, 0.25) is 10.0 Å². The lowest BCUT2D eigenvalue weighted by molar-refractivity contribution is 0.576. The Morgan fingerprint density at radius 2 is 2.05 bits per heavy atom. The van der Waals surface area contributed by atoms with Crippen molar-refractivity contribution < 1.29 is 8.42 Å². The summed E-state index contributed by atoms with van der Waals surface area (Å²) in [6, 6.07) is 5.06. The normalized spacial score (nSPS) is 12.2. The van der Waals surface area contributed by atoms with Crippen molar-refractivity contribution in [3.63, 3.8) is 0 Å². The van der Waals surface area contributed by atoms with Crippen LogP contribution in [-0.2, 0) is 17.1 Å². The van der Waals surface area contributed by atoms with Gasteiger partial charge >= 0.3 is 0 Å². The number of nitrogens with zero attached hydrogens (tertiary/aromatic N) is 2. The first-order chi connectivity index (χ1) is 9.45. The van der Waals surface area contributed by atoms with Gasteiger partial charge in [0.15, 0.2) is 0 Å². The first-order valence-corrected chi connectivity index (χ1v) is 8.37. The number of imidazole rings is 1. The van der Waals surface area contributed by atoms with E-state index in [9.17, 15) is 8.42 Å². The molecule has 1 heterocycles. The first-order valence-electron chi connectivity index (χ1n) is 6.88.